The minimum absolute atomic E-state index is 0.0297. The number of hydrogen-bond donors (Lipinski definition) is 2. The molecule has 0 fully saturated rings. The molecule has 0 saturated carbocycles. The van der Waals surface area contributed by atoms with E-state index in [1.165, 1.54) is 12.1 Å². The van der Waals surface area contributed by atoms with E-state index in [1.54, 1.807) is 6.07 Å². The van der Waals surface area contributed by atoms with Gasteiger partial charge in [-0.25, -0.2) is 4.39 Å². The number of carbonyl (C=O) groups excluding carboxylic acids is 1. The number of amides is 1. The van der Waals surface area contributed by atoms with E-state index in [1.807, 2.05) is 6.92 Å². The van der Waals surface area contributed by atoms with Gasteiger partial charge >= 0.3 is 0 Å². The number of nitrogens with one attached hydrogen (secondary N) is 2. The Morgan fingerprint density at radius 1 is 1.50 bits per heavy atom. The number of carbonyl (C=O) groups is 1. The minimum atomic E-state index is -0.259. The molecule has 3 nitrogen and oxygen atoms in total. The van der Waals surface area contributed by atoms with Crippen LogP contribution in [-0.2, 0) is 11.2 Å². The maximum Gasteiger partial charge on any atom is 0.234 e. The monoisotopic (exact) mass is 268 g/mol. The van der Waals surface area contributed by atoms with E-state index in [-0.39, 0.29) is 17.6 Å². The molecule has 2 aromatic rings. The van der Waals surface area contributed by atoms with E-state index in [0.717, 1.165) is 22.2 Å². The van der Waals surface area contributed by atoms with Crippen LogP contribution < -0.4 is 5.32 Å². The molecule has 18 heavy (non-hydrogen) atoms. The second-order valence-corrected chi connectivity index (χ2v) is 4.42. The van der Waals surface area contributed by atoms with Crippen molar-refractivity contribution < 1.29 is 9.18 Å². The Bertz CT molecular complexity index is 580. The summed E-state index contributed by atoms with van der Waals surface area (Å²) >= 11 is 5.40. The van der Waals surface area contributed by atoms with E-state index < -0.39 is 0 Å². The van der Waals surface area contributed by atoms with Crippen LogP contribution in [0.3, 0.4) is 0 Å². The summed E-state index contributed by atoms with van der Waals surface area (Å²) in [5.74, 6) is -0.469. The number of aromatic amines is 1. The highest BCUT2D eigenvalue weighted by Crippen LogP contribution is 2.23. The standard InChI is InChI=1S/C13H14ClFN2O/c1-8-10(4-5-16-13(18)7-14)11-3-2-9(15)6-12(11)17-8/h2-3,6,17H,4-5,7H2,1H3,(H,16,18). The van der Waals surface area contributed by atoms with Crippen LogP contribution >= 0.6 is 11.6 Å². The van der Waals surface area contributed by atoms with E-state index >= 15 is 0 Å². The zero-order valence-corrected chi connectivity index (χ0v) is 10.8. The Morgan fingerprint density at radius 3 is 3.00 bits per heavy atom. The number of fused-ring (bicyclic) bond motifs is 1. The fourth-order valence-corrected chi connectivity index (χ4v) is 2.15. The number of rotatable bonds is 4. The van der Waals surface area contributed by atoms with Crippen LogP contribution in [0, 0.1) is 12.7 Å². The molecule has 0 radical (unpaired) electrons. The summed E-state index contributed by atoms with van der Waals surface area (Å²) in [7, 11) is 0. The van der Waals surface area contributed by atoms with Crippen LogP contribution in [0.25, 0.3) is 10.9 Å². The van der Waals surface area contributed by atoms with Crippen molar-refractivity contribution in [2.24, 2.45) is 0 Å². The smallest absolute Gasteiger partial charge is 0.234 e. The molecule has 0 unspecified atom stereocenters. The number of benzene rings is 1. The maximum absolute atomic E-state index is 13.1. The lowest BCUT2D eigenvalue weighted by atomic mass is 10.1. The molecule has 2 N–H and O–H groups in total. The average Bonchev–Trinajstić information content (AvgIpc) is 2.64. The van der Waals surface area contributed by atoms with Gasteiger partial charge in [0, 0.05) is 23.1 Å². The molecule has 2 rings (SSSR count). The van der Waals surface area contributed by atoms with Gasteiger partial charge in [0.15, 0.2) is 0 Å². The Hall–Kier alpha value is -1.55. The number of aromatic nitrogens is 1. The number of hydrogen-bond acceptors (Lipinski definition) is 1. The predicted molar refractivity (Wildman–Crippen MR) is 70.4 cm³/mol. The van der Waals surface area contributed by atoms with Gasteiger partial charge in [-0.1, -0.05) is 0 Å². The SMILES string of the molecule is Cc1[nH]c2cc(F)ccc2c1CCNC(=O)CCl. The fraction of sp³-hybridized carbons (Fsp3) is 0.308. The number of H-pyrrole nitrogens is 1. The molecular weight excluding hydrogens is 255 g/mol. The summed E-state index contributed by atoms with van der Waals surface area (Å²) < 4.78 is 13.1. The number of alkyl halides is 1. The Kier molecular flexibility index (Phi) is 3.87. The van der Waals surface area contributed by atoms with Crippen molar-refractivity contribution in [3.63, 3.8) is 0 Å². The van der Waals surface area contributed by atoms with Crippen molar-refractivity contribution in [1.82, 2.24) is 10.3 Å². The molecule has 0 aliphatic rings. The number of halogens is 2. The second-order valence-electron chi connectivity index (χ2n) is 4.15. The van der Waals surface area contributed by atoms with Crippen molar-refractivity contribution >= 4 is 28.4 Å². The molecular formula is C13H14ClFN2O. The summed E-state index contributed by atoms with van der Waals surface area (Å²) in [5.41, 5.74) is 2.88. The van der Waals surface area contributed by atoms with Crippen LogP contribution in [0.15, 0.2) is 18.2 Å². The van der Waals surface area contributed by atoms with Crippen LogP contribution in [0.2, 0.25) is 0 Å². The summed E-state index contributed by atoms with van der Waals surface area (Å²) in [6.07, 6.45) is 0.695. The first kappa shape index (κ1) is 12.9. The van der Waals surface area contributed by atoms with Gasteiger partial charge in [0.05, 0.1) is 0 Å². The first-order valence-corrected chi connectivity index (χ1v) is 6.24. The predicted octanol–water partition coefficient (Wildman–Crippen LogP) is 2.51. The van der Waals surface area contributed by atoms with Gasteiger partial charge in [0.1, 0.15) is 11.7 Å². The summed E-state index contributed by atoms with van der Waals surface area (Å²) in [4.78, 5) is 14.2. The zero-order chi connectivity index (χ0) is 13.1. The Balaban J connectivity index is 2.17. The third-order valence-corrected chi connectivity index (χ3v) is 3.14. The molecule has 1 aromatic heterocycles. The van der Waals surface area contributed by atoms with Crippen molar-refractivity contribution in [3.05, 3.63) is 35.3 Å². The van der Waals surface area contributed by atoms with Crippen molar-refractivity contribution in [1.29, 1.82) is 0 Å². The first-order valence-electron chi connectivity index (χ1n) is 5.71. The molecule has 96 valence electrons. The highest BCUT2D eigenvalue weighted by Gasteiger charge is 2.09. The van der Waals surface area contributed by atoms with Gasteiger partial charge in [-0.2, -0.15) is 0 Å². The quantitative estimate of drug-likeness (QED) is 0.823. The third-order valence-electron chi connectivity index (χ3n) is 2.90. The normalized spacial score (nSPS) is 10.8. The Morgan fingerprint density at radius 2 is 2.28 bits per heavy atom. The van der Waals surface area contributed by atoms with Gasteiger partial charge in [0.25, 0.3) is 0 Å². The first-order chi connectivity index (χ1) is 8.61. The van der Waals surface area contributed by atoms with Crippen LogP contribution in [0.5, 0.6) is 0 Å². The lowest BCUT2D eigenvalue weighted by Gasteiger charge is -2.03. The van der Waals surface area contributed by atoms with Crippen molar-refractivity contribution in [2.75, 3.05) is 12.4 Å². The molecule has 0 saturated heterocycles. The molecule has 1 heterocycles. The average molecular weight is 269 g/mol. The van der Waals surface area contributed by atoms with E-state index in [0.29, 0.717) is 13.0 Å². The molecule has 1 aromatic carbocycles. The second kappa shape index (κ2) is 5.40. The molecule has 0 bridgehead atoms. The van der Waals surface area contributed by atoms with Gasteiger partial charge in [0.2, 0.25) is 5.91 Å². The van der Waals surface area contributed by atoms with Crippen LogP contribution in [-0.4, -0.2) is 23.3 Å². The summed E-state index contributed by atoms with van der Waals surface area (Å²) in [6.45, 7) is 2.47. The van der Waals surface area contributed by atoms with Crippen molar-refractivity contribution in [2.45, 2.75) is 13.3 Å². The third kappa shape index (κ3) is 2.64. The largest absolute Gasteiger partial charge is 0.358 e. The van der Waals surface area contributed by atoms with Crippen LogP contribution in [0.1, 0.15) is 11.3 Å². The minimum Gasteiger partial charge on any atom is -0.358 e. The summed E-state index contributed by atoms with van der Waals surface area (Å²) in [6, 6.07) is 4.67. The highest BCUT2D eigenvalue weighted by atomic mass is 35.5. The molecule has 0 aliphatic heterocycles. The van der Waals surface area contributed by atoms with E-state index in [2.05, 4.69) is 10.3 Å². The van der Waals surface area contributed by atoms with Gasteiger partial charge in [-0.05, 0) is 37.1 Å². The lowest BCUT2D eigenvalue weighted by Crippen LogP contribution is -2.26. The fourth-order valence-electron chi connectivity index (χ4n) is 2.06. The van der Waals surface area contributed by atoms with Gasteiger partial charge in [-0.3, -0.25) is 4.79 Å². The Labute approximate surface area is 109 Å². The van der Waals surface area contributed by atoms with E-state index in [9.17, 15) is 9.18 Å². The molecule has 0 atom stereocenters. The van der Waals surface area contributed by atoms with Gasteiger partial charge < -0.3 is 10.3 Å². The molecule has 5 heteroatoms. The maximum atomic E-state index is 13.1. The van der Waals surface area contributed by atoms with E-state index in [4.69, 9.17) is 11.6 Å². The summed E-state index contributed by atoms with van der Waals surface area (Å²) in [5, 5.41) is 3.71. The van der Waals surface area contributed by atoms with Crippen molar-refractivity contribution in [3.8, 4) is 0 Å². The number of aryl methyl sites for hydroxylation is 1. The zero-order valence-electron chi connectivity index (χ0n) is 10.0. The van der Waals surface area contributed by atoms with Gasteiger partial charge in [-0.15, -0.1) is 11.6 Å². The molecule has 1 amide bonds. The topological polar surface area (TPSA) is 44.9 Å². The lowest BCUT2D eigenvalue weighted by molar-refractivity contribution is -0.118. The highest BCUT2D eigenvalue weighted by molar-refractivity contribution is 6.27. The molecule has 0 spiro atoms. The molecule has 0 aliphatic carbocycles. The van der Waals surface area contributed by atoms with Crippen LogP contribution in [0.4, 0.5) is 4.39 Å².